The first-order valence-electron chi connectivity index (χ1n) is 4.66. The van der Waals surface area contributed by atoms with Gasteiger partial charge in [0.25, 0.3) is 0 Å². The highest BCUT2D eigenvalue weighted by Crippen LogP contribution is 2.27. The van der Waals surface area contributed by atoms with Crippen LogP contribution in [0.15, 0.2) is 36.4 Å². The van der Waals surface area contributed by atoms with E-state index in [1.807, 2.05) is 30.3 Å². The van der Waals surface area contributed by atoms with Crippen molar-refractivity contribution in [3.63, 3.8) is 0 Å². The summed E-state index contributed by atoms with van der Waals surface area (Å²) in [6.45, 7) is 0. The molecule has 0 spiro atoms. The topological polar surface area (TPSA) is 35.5 Å². The number of benzene rings is 2. The first-order valence-corrected chi connectivity index (χ1v) is 5.54. The molecular weight excluding hydrogens is 319 g/mol. The van der Waals surface area contributed by atoms with Crippen molar-refractivity contribution in [2.45, 2.75) is 0 Å². The highest BCUT2D eigenvalue weighted by atomic mass is 127. The van der Waals surface area contributed by atoms with E-state index in [1.165, 1.54) is 7.11 Å². The van der Waals surface area contributed by atoms with Gasteiger partial charge >= 0.3 is 5.97 Å². The summed E-state index contributed by atoms with van der Waals surface area (Å²) in [5, 5.41) is 2.02. The molecule has 0 unspecified atom stereocenters. The van der Waals surface area contributed by atoms with Gasteiger partial charge in [0, 0.05) is 0 Å². The first-order chi connectivity index (χ1) is 7.76. The van der Waals surface area contributed by atoms with E-state index in [0.717, 1.165) is 10.8 Å². The lowest BCUT2D eigenvalue weighted by atomic mass is 10.1. The number of esters is 1. The Bertz CT molecular complexity index is 537. The Morgan fingerprint density at radius 2 is 1.81 bits per heavy atom. The molecular formula is C12H9IO3. The summed E-state index contributed by atoms with van der Waals surface area (Å²) in [5.41, 5.74) is 0.440. The molecule has 2 aromatic rings. The zero-order valence-corrected chi connectivity index (χ0v) is 10.7. The van der Waals surface area contributed by atoms with Crippen molar-refractivity contribution in [3.05, 3.63) is 42.0 Å². The maximum atomic E-state index is 11.5. The van der Waals surface area contributed by atoms with Crippen molar-refractivity contribution in [2.24, 2.45) is 0 Å². The van der Waals surface area contributed by atoms with Crippen LogP contribution in [0.4, 0.5) is 0 Å². The summed E-state index contributed by atoms with van der Waals surface area (Å²) >= 11 is 1.75. The lowest BCUT2D eigenvalue weighted by Crippen LogP contribution is -2.02. The molecule has 4 heteroatoms. The fourth-order valence-corrected chi connectivity index (χ4v) is 1.92. The van der Waals surface area contributed by atoms with Gasteiger partial charge in [-0.1, -0.05) is 24.3 Å². The van der Waals surface area contributed by atoms with E-state index in [9.17, 15) is 4.79 Å². The van der Waals surface area contributed by atoms with Gasteiger partial charge in [0.1, 0.15) is 11.3 Å². The number of fused-ring (bicyclic) bond motifs is 1. The van der Waals surface area contributed by atoms with Crippen LogP contribution in [0.5, 0.6) is 5.75 Å². The second-order valence-corrected chi connectivity index (χ2v) is 3.70. The van der Waals surface area contributed by atoms with Crippen LogP contribution in [0.2, 0.25) is 0 Å². The van der Waals surface area contributed by atoms with E-state index in [0.29, 0.717) is 11.3 Å². The molecule has 2 aromatic carbocycles. The molecule has 0 N–H and O–H groups in total. The smallest absolute Gasteiger partial charge is 0.341 e. The molecule has 0 fully saturated rings. The fourth-order valence-electron chi connectivity index (χ4n) is 1.55. The van der Waals surface area contributed by atoms with Crippen molar-refractivity contribution in [1.29, 1.82) is 0 Å². The summed E-state index contributed by atoms with van der Waals surface area (Å²) in [5.74, 6) is 0.128. The molecule has 0 bridgehead atoms. The van der Waals surface area contributed by atoms with Crippen LogP contribution in [0, 0.1) is 0 Å². The average molecular weight is 328 g/mol. The second kappa shape index (κ2) is 4.69. The van der Waals surface area contributed by atoms with Crippen molar-refractivity contribution in [3.8, 4) is 5.75 Å². The molecule has 0 aliphatic carbocycles. The third kappa shape index (κ3) is 1.97. The third-order valence-corrected chi connectivity index (χ3v) is 2.81. The zero-order chi connectivity index (χ0) is 11.5. The van der Waals surface area contributed by atoms with E-state index in [2.05, 4.69) is 0 Å². The van der Waals surface area contributed by atoms with Crippen LogP contribution in [0.3, 0.4) is 0 Å². The minimum atomic E-state index is -0.391. The molecule has 0 saturated heterocycles. The van der Waals surface area contributed by atoms with Crippen LogP contribution < -0.4 is 3.07 Å². The number of hydrogen-bond donors (Lipinski definition) is 0. The van der Waals surface area contributed by atoms with Crippen molar-refractivity contribution >= 4 is 39.7 Å². The number of halogens is 1. The molecule has 3 nitrogen and oxygen atoms in total. The SMILES string of the molecule is COC(=O)c1cc2ccccc2cc1OI. The van der Waals surface area contributed by atoms with E-state index in [-0.39, 0.29) is 0 Å². The minimum Gasteiger partial charge on any atom is -0.465 e. The van der Waals surface area contributed by atoms with Gasteiger partial charge < -0.3 is 7.80 Å². The summed E-state index contributed by atoms with van der Waals surface area (Å²) in [6, 6.07) is 11.4. The van der Waals surface area contributed by atoms with Crippen LogP contribution in [-0.4, -0.2) is 13.1 Å². The average Bonchev–Trinajstić information content (AvgIpc) is 2.36. The standard InChI is InChI=1S/C12H9IO3/c1-15-12(14)10-6-8-4-2-3-5-9(8)7-11(10)16-13/h2-7H,1H3. The van der Waals surface area contributed by atoms with Gasteiger partial charge in [-0.05, 0) is 22.9 Å². The number of carbonyl (C=O) groups is 1. The maximum absolute atomic E-state index is 11.5. The van der Waals surface area contributed by atoms with Crippen LogP contribution >= 0.6 is 23.0 Å². The maximum Gasteiger partial charge on any atom is 0.341 e. The lowest BCUT2D eigenvalue weighted by Gasteiger charge is -2.07. The van der Waals surface area contributed by atoms with Crippen LogP contribution in [-0.2, 0) is 4.74 Å². The Hall–Kier alpha value is -1.30. The van der Waals surface area contributed by atoms with E-state index in [1.54, 1.807) is 29.1 Å². The van der Waals surface area contributed by atoms with Gasteiger partial charge in [0.2, 0.25) is 0 Å². The number of hydrogen-bond acceptors (Lipinski definition) is 3. The predicted octanol–water partition coefficient (Wildman–Crippen LogP) is 3.36. The second-order valence-electron chi connectivity index (χ2n) is 3.26. The molecule has 16 heavy (non-hydrogen) atoms. The molecule has 0 atom stereocenters. The molecule has 2 rings (SSSR count). The molecule has 0 saturated carbocycles. The minimum absolute atomic E-state index is 0.391. The summed E-state index contributed by atoms with van der Waals surface area (Å²) in [4.78, 5) is 11.5. The van der Waals surface area contributed by atoms with Gasteiger partial charge in [-0.25, -0.2) is 4.79 Å². The van der Waals surface area contributed by atoms with Crippen LogP contribution in [0.25, 0.3) is 10.8 Å². The van der Waals surface area contributed by atoms with Gasteiger partial charge in [-0.3, -0.25) is 0 Å². The first kappa shape index (κ1) is 11.2. The quantitative estimate of drug-likeness (QED) is 0.626. The molecule has 0 radical (unpaired) electrons. The largest absolute Gasteiger partial charge is 0.465 e. The highest BCUT2D eigenvalue weighted by molar-refractivity contribution is 14.1. The molecule has 0 amide bonds. The number of rotatable bonds is 2. The van der Waals surface area contributed by atoms with E-state index < -0.39 is 5.97 Å². The number of carbonyl (C=O) groups excluding carboxylic acids is 1. The Balaban J connectivity index is 2.67. The third-order valence-electron chi connectivity index (χ3n) is 2.34. The monoisotopic (exact) mass is 328 g/mol. The van der Waals surface area contributed by atoms with E-state index in [4.69, 9.17) is 7.80 Å². The molecule has 0 aromatic heterocycles. The summed E-state index contributed by atoms with van der Waals surface area (Å²) in [7, 11) is 1.36. The molecule has 0 heterocycles. The van der Waals surface area contributed by atoms with Crippen molar-refractivity contribution in [1.82, 2.24) is 0 Å². The Kier molecular flexibility index (Phi) is 3.28. The number of ether oxygens (including phenoxy) is 1. The Morgan fingerprint density at radius 3 is 2.38 bits per heavy atom. The predicted molar refractivity (Wildman–Crippen MR) is 69.9 cm³/mol. The summed E-state index contributed by atoms with van der Waals surface area (Å²) < 4.78 is 9.85. The Morgan fingerprint density at radius 1 is 1.19 bits per heavy atom. The fraction of sp³-hybridized carbons (Fsp3) is 0.0833. The van der Waals surface area contributed by atoms with Crippen LogP contribution in [0.1, 0.15) is 10.4 Å². The Labute approximate surface area is 107 Å². The summed E-state index contributed by atoms with van der Waals surface area (Å²) in [6.07, 6.45) is 0. The normalized spacial score (nSPS) is 10.1. The highest BCUT2D eigenvalue weighted by Gasteiger charge is 2.13. The van der Waals surface area contributed by atoms with Crippen molar-refractivity contribution < 1.29 is 12.6 Å². The van der Waals surface area contributed by atoms with Gasteiger partial charge in [0.05, 0.1) is 7.11 Å². The zero-order valence-electron chi connectivity index (χ0n) is 8.57. The van der Waals surface area contributed by atoms with Gasteiger partial charge in [0.15, 0.2) is 23.0 Å². The van der Waals surface area contributed by atoms with E-state index >= 15 is 0 Å². The molecule has 0 aliphatic heterocycles. The number of methoxy groups -OCH3 is 1. The lowest BCUT2D eigenvalue weighted by molar-refractivity contribution is 0.0599. The van der Waals surface area contributed by atoms with Gasteiger partial charge in [-0.15, -0.1) is 0 Å². The molecule has 82 valence electrons. The molecule has 0 aliphatic rings. The van der Waals surface area contributed by atoms with Crippen molar-refractivity contribution in [2.75, 3.05) is 7.11 Å². The van der Waals surface area contributed by atoms with Gasteiger partial charge in [-0.2, -0.15) is 0 Å².